The molecule has 0 aliphatic carbocycles. The van der Waals surface area contributed by atoms with Gasteiger partial charge in [-0.3, -0.25) is 4.99 Å². The van der Waals surface area contributed by atoms with Crippen molar-refractivity contribution >= 4 is 33.5 Å². The lowest BCUT2D eigenvalue weighted by molar-refractivity contribution is 0.568. The molecule has 0 saturated heterocycles. The second-order valence-electron chi connectivity index (χ2n) is 12.6. The topological polar surface area (TPSA) is 25.2 Å². The fourth-order valence-corrected chi connectivity index (χ4v) is 5.84. The van der Waals surface area contributed by atoms with Crippen LogP contribution in [0.15, 0.2) is 83.9 Å². The van der Waals surface area contributed by atoms with Crippen LogP contribution in [0.25, 0.3) is 31.9 Å². The summed E-state index contributed by atoms with van der Waals surface area (Å²) in [6.45, 7) is 17.9. The predicted molar refractivity (Wildman–Crippen MR) is 171 cm³/mol. The molecule has 0 atom stereocenters. The van der Waals surface area contributed by atoms with E-state index in [2.05, 4.69) is 134 Å². The van der Waals surface area contributed by atoms with E-state index in [0.717, 1.165) is 27.3 Å². The quantitative estimate of drug-likeness (QED) is 0.212. The summed E-state index contributed by atoms with van der Waals surface area (Å²) in [6.07, 6.45) is 2.01. The largest absolute Gasteiger partial charge is 0.256 e. The van der Waals surface area contributed by atoms with Gasteiger partial charge in [-0.1, -0.05) is 95.6 Å². The summed E-state index contributed by atoms with van der Waals surface area (Å²) < 4.78 is 1.19. The number of hydrogen-bond acceptors (Lipinski definition) is 3. The molecule has 0 fully saturated rings. The Morgan fingerprint density at radius 1 is 0.692 bits per heavy atom. The number of aryl methyl sites for hydroxylation is 2. The first-order valence-electron chi connectivity index (χ1n) is 13.7. The molecule has 1 aromatic heterocycles. The fourth-order valence-electron chi connectivity index (χ4n) is 4.81. The maximum absolute atomic E-state index is 5.18. The standard InChI is InChI=1S/C36H38N2S/c1-23-16-17-24(2)30(18-23)28-13-11-15-32-33(28)38-34(39-32)29-12-9-10-14-31(29)37-22-25-19-26(35(3,4)5)21-27(20-25)36(6,7)8/h9-22H,1-8H3. The van der Waals surface area contributed by atoms with Crippen LogP contribution < -0.4 is 0 Å². The van der Waals surface area contributed by atoms with Gasteiger partial charge >= 0.3 is 0 Å². The number of aromatic nitrogens is 1. The van der Waals surface area contributed by atoms with Crippen LogP contribution in [0.4, 0.5) is 5.69 Å². The fraction of sp³-hybridized carbons (Fsp3) is 0.278. The number of hydrogen-bond donors (Lipinski definition) is 0. The van der Waals surface area contributed by atoms with Crippen molar-refractivity contribution in [2.75, 3.05) is 0 Å². The summed E-state index contributed by atoms with van der Waals surface area (Å²) in [7, 11) is 0. The molecule has 5 rings (SSSR count). The van der Waals surface area contributed by atoms with Gasteiger partial charge in [0.2, 0.25) is 0 Å². The molecule has 4 aromatic carbocycles. The van der Waals surface area contributed by atoms with Crippen LogP contribution in [-0.4, -0.2) is 11.2 Å². The third-order valence-electron chi connectivity index (χ3n) is 7.28. The third-order valence-corrected chi connectivity index (χ3v) is 8.33. The predicted octanol–water partition coefficient (Wildman–Crippen LogP) is 10.6. The van der Waals surface area contributed by atoms with Gasteiger partial charge in [0.05, 0.1) is 15.9 Å². The molecule has 198 valence electrons. The van der Waals surface area contributed by atoms with Crippen LogP contribution in [0.5, 0.6) is 0 Å². The van der Waals surface area contributed by atoms with Crippen molar-refractivity contribution in [2.24, 2.45) is 4.99 Å². The number of benzene rings is 4. The lowest BCUT2D eigenvalue weighted by Gasteiger charge is -2.25. The summed E-state index contributed by atoms with van der Waals surface area (Å²) in [6, 6.07) is 28.4. The number of aliphatic imine (C=N–C) groups is 1. The van der Waals surface area contributed by atoms with E-state index < -0.39 is 0 Å². The maximum atomic E-state index is 5.18. The summed E-state index contributed by atoms with van der Waals surface area (Å²) in [4.78, 5) is 10.2. The summed E-state index contributed by atoms with van der Waals surface area (Å²) in [5.74, 6) is 0. The van der Waals surface area contributed by atoms with Crippen LogP contribution in [-0.2, 0) is 10.8 Å². The molecule has 0 spiro atoms. The van der Waals surface area contributed by atoms with Crippen LogP contribution in [0.3, 0.4) is 0 Å². The van der Waals surface area contributed by atoms with E-state index in [1.54, 1.807) is 11.3 Å². The van der Waals surface area contributed by atoms with E-state index in [9.17, 15) is 0 Å². The highest BCUT2D eigenvalue weighted by molar-refractivity contribution is 7.21. The normalized spacial score (nSPS) is 12.5. The smallest absolute Gasteiger partial charge is 0.126 e. The Kier molecular flexibility index (Phi) is 7.07. The molecule has 0 N–H and O–H groups in total. The van der Waals surface area contributed by atoms with E-state index in [1.165, 1.54) is 38.1 Å². The molecule has 0 aliphatic heterocycles. The van der Waals surface area contributed by atoms with Crippen LogP contribution in [0.1, 0.15) is 69.4 Å². The van der Waals surface area contributed by atoms with Crippen molar-refractivity contribution < 1.29 is 0 Å². The first-order valence-corrected chi connectivity index (χ1v) is 14.5. The second-order valence-corrected chi connectivity index (χ2v) is 13.6. The molecular formula is C36H38N2S. The Balaban J connectivity index is 1.58. The number of para-hydroxylation sites is 2. The van der Waals surface area contributed by atoms with Gasteiger partial charge in [0.15, 0.2) is 0 Å². The molecule has 0 bridgehead atoms. The Morgan fingerprint density at radius 3 is 2.05 bits per heavy atom. The Hall–Kier alpha value is -3.56. The lowest BCUT2D eigenvalue weighted by Crippen LogP contribution is -2.17. The second kappa shape index (κ2) is 10.2. The van der Waals surface area contributed by atoms with Gasteiger partial charge in [-0.25, -0.2) is 4.98 Å². The Bertz CT molecular complexity index is 1660. The highest BCUT2D eigenvalue weighted by atomic mass is 32.1. The van der Waals surface area contributed by atoms with E-state index >= 15 is 0 Å². The zero-order valence-electron chi connectivity index (χ0n) is 24.4. The summed E-state index contributed by atoms with van der Waals surface area (Å²) in [5.41, 5.74) is 11.9. The average molecular weight is 531 g/mol. The number of thiazole rings is 1. The molecule has 0 saturated carbocycles. The molecule has 0 radical (unpaired) electrons. The van der Waals surface area contributed by atoms with Crippen LogP contribution in [0, 0.1) is 13.8 Å². The van der Waals surface area contributed by atoms with Gasteiger partial charge in [0, 0.05) is 17.3 Å². The summed E-state index contributed by atoms with van der Waals surface area (Å²) >= 11 is 1.73. The van der Waals surface area contributed by atoms with Crippen molar-refractivity contribution in [3.8, 4) is 21.7 Å². The van der Waals surface area contributed by atoms with Crippen molar-refractivity contribution in [1.82, 2.24) is 4.98 Å². The SMILES string of the molecule is Cc1ccc(C)c(-c2cccc3sc(-c4ccccc4N=Cc4cc(C(C)(C)C)cc(C(C)(C)C)c4)nc23)c1. The minimum Gasteiger partial charge on any atom is -0.256 e. The van der Waals surface area contributed by atoms with E-state index in [4.69, 9.17) is 9.98 Å². The van der Waals surface area contributed by atoms with Gasteiger partial charge < -0.3 is 0 Å². The van der Waals surface area contributed by atoms with Crippen molar-refractivity contribution in [3.05, 3.63) is 107 Å². The molecule has 1 heterocycles. The molecule has 3 heteroatoms. The Morgan fingerprint density at radius 2 is 1.36 bits per heavy atom. The van der Waals surface area contributed by atoms with E-state index in [-0.39, 0.29) is 10.8 Å². The number of fused-ring (bicyclic) bond motifs is 1. The number of rotatable bonds is 4. The molecule has 0 amide bonds. The zero-order valence-corrected chi connectivity index (χ0v) is 25.2. The van der Waals surface area contributed by atoms with Gasteiger partial charge in [-0.15, -0.1) is 11.3 Å². The highest BCUT2D eigenvalue weighted by Gasteiger charge is 2.20. The van der Waals surface area contributed by atoms with Crippen LogP contribution in [0.2, 0.25) is 0 Å². The van der Waals surface area contributed by atoms with E-state index in [1.807, 2.05) is 6.21 Å². The molecule has 0 aliphatic rings. The van der Waals surface area contributed by atoms with Gasteiger partial charge in [-0.05, 0) is 82.8 Å². The molecule has 0 unspecified atom stereocenters. The molecule has 39 heavy (non-hydrogen) atoms. The van der Waals surface area contributed by atoms with Crippen LogP contribution >= 0.6 is 11.3 Å². The highest BCUT2D eigenvalue weighted by Crippen LogP contribution is 2.40. The minimum absolute atomic E-state index is 0.0656. The zero-order chi connectivity index (χ0) is 27.9. The first-order chi connectivity index (χ1) is 18.4. The van der Waals surface area contributed by atoms with Crippen molar-refractivity contribution in [2.45, 2.75) is 66.2 Å². The first kappa shape index (κ1) is 27.0. The third kappa shape index (κ3) is 5.74. The Labute approximate surface area is 237 Å². The molecule has 5 aromatic rings. The lowest BCUT2D eigenvalue weighted by atomic mass is 9.79. The van der Waals surface area contributed by atoms with Gasteiger partial charge in [0.25, 0.3) is 0 Å². The minimum atomic E-state index is 0.0656. The van der Waals surface area contributed by atoms with Gasteiger partial charge in [-0.2, -0.15) is 0 Å². The van der Waals surface area contributed by atoms with Crippen molar-refractivity contribution in [1.29, 1.82) is 0 Å². The van der Waals surface area contributed by atoms with Gasteiger partial charge in [0.1, 0.15) is 5.01 Å². The van der Waals surface area contributed by atoms with Crippen molar-refractivity contribution in [3.63, 3.8) is 0 Å². The maximum Gasteiger partial charge on any atom is 0.126 e. The summed E-state index contributed by atoms with van der Waals surface area (Å²) in [5, 5.41) is 0.995. The van der Waals surface area contributed by atoms with E-state index in [0.29, 0.717) is 0 Å². The average Bonchev–Trinajstić information content (AvgIpc) is 3.32. The molecular weight excluding hydrogens is 492 g/mol. The monoisotopic (exact) mass is 530 g/mol. The molecule has 2 nitrogen and oxygen atoms in total. The number of nitrogens with zero attached hydrogens (tertiary/aromatic N) is 2.